The molecule has 0 amide bonds. The second-order valence-electron chi connectivity index (χ2n) is 3.72. The van der Waals surface area contributed by atoms with Gasteiger partial charge in [0.15, 0.2) is 0 Å². The van der Waals surface area contributed by atoms with Crippen molar-refractivity contribution < 1.29 is 4.74 Å². The van der Waals surface area contributed by atoms with Crippen molar-refractivity contribution in [2.45, 2.75) is 31.9 Å². The van der Waals surface area contributed by atoms with E-state index in [1.54, 1.807) is 13.3 Å². The first kappa shape index (κ1) is 12.2. The molecule has 0 aliphatic heterocycles. The molecule has 2 atom stereocenters. The molecule has 1 aromatic heterocycles. The first-order valence-electron chi connectivity index (χ1n) is 5.15. The van der Waals surface area contributed by atoms with Crippen LogP contribution in [0.15, 0.2) is 12.3 Å². The van der Waals surface area contributed by atoms with Gasteiger partial charge < -0.3 is 4.74 Å². The van der Waals surface area contributed by atoms with Gasteiger partial charge in [0.2, 0.25) is 0 Å². The third kappa shape index (κ3) is 3.30. The van der Waals surface area contributed by atoms with Crippen LogP contribution in [0.1, 0.15) is 31.5 Å². The number of nitrogens with one attached hydrogen (secondary N) is 1. The molecule has 0 aliphatic carbocycles. The topological polar surface area (TPSA) is 65.1 Å². The quantitative estimate of drug-likeness (QED) is 0.539. The van der Waals surface area contributed by atoms with Crippen LogP contribution < -0.4 is 11.3 Å². The van der Waals surface area contributed by atoms with E-state index in [1.165, 1.54) is 0 Å². The molecule has 0 aliphatic rings. The van der Waals surface area contributed by atoms with Crippen LogP contribution in [-0.4, -0.2) is 23.0 Å². The van der Waals surface area contributed by atoms with Gasteiger partial charge in [0, 0.05) is 20.4 Å². The van der Waals surface area contributed by atoms with Crippen LogP contribution in [0, 0.1) is 0 Å². The molecule has 1 heterocycles. The Morgan fingerprint density at radius 3 is 2.80 bits per heavy atom. The van der Waals surface area contributed by atoms with E-state index < -0.39 is 0 Å². The number of aryl methyl sites for hydroxylation is 1. The highest BCUT2D eigenvalue weighted by molar-refractivity contribution is 5.06. The minimum atomic E-state index is 0.134. The summed E-state index contributed by atoms with van der Waals surface area (Å²) in [4.78, 5) is 0. The molecule has 0 saturated heterocycles. The third-order valence-corrected chi connectivity index (χ3v) is 2.68. The highest BCUT2D eigenvalue weighted by Gasteiger charge is 2.14. The van der Waals surface area contributed by atoms with E-state index in [-0.39, 0.29) is 12.1 Å². The number of aromatic nitrogens is 2. The fourth-order valence-corrected chi connectivity index (χ4v) is 1.56. The highest BCUT2D eigenvalue weighted by Crippen LogP contribution is 2.18. The minimum Gasteiger partial charge on any atom is -0.382 e. The Bertz CT molecular complexity index is 287. The lowest BCUT2D eigenvalue weighted by atomic mass is 10.1. The summed E-state index contributed by atoms with van der Waals surface area (Å²) in [6, 6.07) is 2.11. The van der Waals surface area contributed by atoms with E-state index in [9.17, 15) is 0 Å². The molecular weight excluding hydrogens is 192 g/mol. The van der Waals surface area contributed by atoms with E-state index in [2.05, 4.69) is 17.4 Å². The molecule has 0 fully saturated rings. The molecule has 86 valence electrons. The number of methoxy groups -OCH3 is 1. The van der Waals surface area contributed by atoms with Crippen LogP contribution in [0.5, 0.6) is 0 Å². The van der Waals surface area contributed by atoms with E-state index >= 15 is 0 Å². The summed E-state index contributed by atoms with van der Waals surface area (Å²) in [6.45, 7) is 2.05. The van der Waals surface area contributed by atoms with Crippen LogP contribution in [0.2, 0.25) is 0 Å². The van der Waals surface area contributed by atoms with E-state index in [0.29, 0.717) is 0 Å². The Kier molecular flexibility index (Phi) is 4.74. The molecule has 0 saturated carbocycles. The van der Waals surface area contributed by atoms with Gasteiger partial charge in [0.1, 0.15) is 0 Å². The Labute approximate surface area is 90.6 Å². The summed E-state index contributed by atoms with van der Waals surface area (Å²) >= 11 is 0. The van der Waals surface area contributed by atoms with Crippen molar-refractivity contribution in [1.82, 2.24) is 15.2 Å². The van der Waals surface area contributed by atoms with Gasteiger partial charge in [0.05, 0.1) is 17.8 Å². The van der Waals surface area contributed by atoms with Gasteiger partial charge in [-0.25, -0.2) is 0 Å². The van der Waals surface area contributed by atoms with Crippen molar-refractivity contribution >= 4 is 0 Å². The van der Waals surface area contributed by atoms with Gasteiger partial charge in [-0.05, 0) is 25.8 Å². The van der Waals surface area contributed by atoms with Gasteiger partial charge in [-0.3, -0.25) is 16.0 Å². The van der Waals surface area contributed by atoms with Gasteiger partial charge in [-0.2, -0.15) is 5.10 Å². The number of hydrazine groups is 1. The monoisotopic (exact) mass is 212 g/mol. The number of nitrogens with zero attached hydrogens (tertiary/aromatic N) is 2. The van der Waals surface area contributed by atoms with Crippen LogP contribution in [-0.2, 0) is 11.8 Å². The van der Waals surface area contributed by atoms with Crippen LogP contribution in [0.4, 0.5) is 0 Å². The zero-order valence-electron chi connectivity index (χ0n) is 9.60. The second-order valence-corrected chi connectivity index (χ2v) is 3.72. The van der Waals surface area contributed by atoms with Crippen molar-refractivity contribution in [1.29, 1.82) is 0 Å². The van der Waals surface area contributed by atoms with E-state index in [1.807, 2.05) is 17.8 Å². The predicted molar refractivity (Wildman–Crippen MR) is 59.0 cm³/mol. The Hall–Kier alpha value is -0.910. The number of rotatable bonds is 6. The molecule has 0 radical (unpaired) electrons. The van der Waals surface area contributed by atoms with Crippen molar-refractivity contribution in [3.05, 3.63) is 18.0 Å². The Morgan fingerprint density at radius 2 is 2.33 bits per heavy atom. The second kappa shape index (κ2) is 5.85. The summed E-state index contributed by atoms with van der Waals surface area (Å²) in [5, 5.41) is 4.12. The molecule has 0 spiro atoms. The van der Waals surface area contributed by atoms with Crippen molar-refractivity contribution in [3.63, 3.8) is 0 Å². The molecule has 2 unspecified atom stereocenters. The molecule has 1 aromatic rings. The number of hydrogen-bond acceptors (Lipinski definition) is 4. The maximum absolute atomic E-state index is 5.53. The molecule has 0 aromatic carbocycles. The molecule has 5 heteroatoms. The van der Waals surface area contributed by atoms with Gasteiger partial charge in [-0.15, -0.1) is 0 Å². The van der Waals surface area contributed by atoms with Gasteiger partial charge in [-0.1, -0.05) is 0 Å². The van der Waals surface area contributed by atoms with Crippen LogP contribution in [0.3, 0.4) is 0 Å². The summed E-state index contributed by atoms with van der Waals surface area (Å²) in [6.07, 6.45) is 3.94. The number of nitrogens with two attached hydrogens (primary N) is 1. The molecule has 5 nitrogen and oxygen atoms in total. The lowest BCUT2D eigenvalue weighted by molar-refractivity contribution is 0.106. The summed E-state index contributed by atoms with van der Waals surface area (Å²) in [7, 11) is 3.64. The van der Waals surface area contributed by atoms with Gasteiger partial charge in [0.25, 0.3) is 0 Å². The Morgan fingerprint density at radius 1 is 1.60 bits per heavy atom. The largest absolute Gasteiger partial charge is 0.382 e. The smallest absolute Gasteiger partial charge is 0.0629 e. The van der Waals surface area contributed by atoms with E-state index in [4.69, 9.17) is 10.6 Å². The zero-order chi connectivity index (χ0) is 11.3. The molecule has 3 N–H and O–H groups in total. The first-order chi connectivity index (χ1) is 7.19. The SMILES string of the molecule is COC(C)CCC(NN)c1ccnn1C. The molecule has 0 bridgehead atoms. The third-order valence-electron chi connectivity index (χ3n) is 2.68. The van der Waals surface area contributed by atoms with E-state index in [0.717, 1.165) is 18.5 Å². The Balaban J connectivity index is 2.53. The molecular formula is C10H20N4O. The van der Waals surface area contributed by atoms with Crippen molar-refractivity contribution in [2.75, 3.05) is 7.11 Å². The maximum Gasteiger partial charge on any atom is 0.0629 e. The summed E-state index contributed by atoms with van der Waals surface area (Å²) < 4.78 is 7.04. The fourth-order valence-electron chi connectivity index (χ4n) is 1.56. The van der Waals surface area contributed by atoms with Crippen molar-refractivity contribution in [2.24, 2.45) is 12.9 Å². The number of ether oxygens (including phenoxy) is 1. The lowest BCUT2D eigenvalue weighted by Gasteiger charge is -2.18. The van der Waals surface area contributed by atoms with Crippen molar-refractivity contribution in [3.8, 4) is 0 Å². The maximum atomic E-state index is 5.53. The molecule has 1 rings (SSSR count). The predicted octanol–water partition coefficient (Wildman–Crippen LogP) is 0.740. The van der Waals surface area contributed by atoms with Gasteiger partial charge >= 0.3 is 0 Å². The fraction of sp³-hybridized carbons (Fsp3) is 0.700. The minimum absolute atomic E-state index is 0.134. The number of hydrogen-bond donors (Lipinski definition) is 2. The highest BCUT2D eigenvalue weighted by atomic mass is 16.5. The summed E-state index contributed by atoms with van der Waals surface area (Å²) in [5.74, 6) is 5.53. The molecule has 15 heavy (non-hydrogen) atoms. The summed E-state index contributed by atoms with van der Waals surface area (Å²) in [5.41, 5.74) is 3.91. The van der Waals surface area contributed by atoms with Crippen LogP contribution in [0.25, 0.3) is 0 Å². The normalized spacial score (nSPS) is 15.2. The van der Waals surface area contributed by atoms with Crippen LogP contribution >= 0.6 is 0 Å². The standard InChI is InChI=1S/C10H20N4O/c1-8(15-3)4-5-9(13-11)10-6-7-12-14(10)2/h6-9,13H,4-5,11H2,1-3H3. The zero-order valence-corrected chi connectivity index (χ0v) is 9.60. The lowest BCUT2D eigenvalue weighted by Crippen LogP contribution is -2.30. The average molecular weight is 212 g/mol. The first-order valence-corrected chi connectivity index (χ1v) is 5.15. The average Bonchev–Trinajstić information content (AvgIpc) is 2.65.